The maximum Gasteiger partial charge on any atom is 0.233 e. The van der Waals surface area contributed by atoms with Crippen LogP contribution in [0.5, 0.6) is 0 Å². The molecule has 0 spiro atoms. The Hall–Kier alpha value is -2.05. The Morgan fingerprint density at radius 1 is 1.30 bits per heavy atom. The third-order valence-corrected chi connectivity index (χ3v) is 6.79. The molecule has 1 aliphatic rings. The maximum atomic E-state index is 12.8. The predicted octanol–water partition coefficient (Wildman–Crippen LogP) is 4.83. The Morgan fingerprint density at radius 3 is 2.93 bits per heavy atom. The summed E-state index contributed by atoms with van der Waals surface area (Å²) in [7, 11) is 0. The van der Waals surface area contributed by atoms with Crippen LogP contribution >= 0.6 is 23.1 Å². The van der Waals surface area contributed by atoms with Crippen LogP contribution in [0.25, 0.3) is 0 Å². The SMILES string of the molecule is Cc1[nH]c(SCC(=O)N2CCC[C@H]2c2cccs2)nc1Cc1ccccc1. The number of carbonyl (C=O) groups excluding carboxylic acids is 1. The van der Waals surface area contributed by atoms with E-state index in [1.807, 2.05) is 30.0 Å². The second-order valence-electron chi connectivity index (χ2n) is 6.83. The molecule has 0 aliphatic carbocycles. The molecular weight excluding hydrogens is 374 g/mol. The first kappa shape index (κ1) is 18.3. The summed E-state index contributed by atoms with van der Waals surface area (Å²) >= 11 is 3.25. The Labute approximate surface area is 168 Å². The van der Waals surface area contributed by atoms with Gasteiger partial charge in [0.2, 0.25) is 5.91 Å². The molecule has 1 amide bonds. The number of benzene rings is 1. The molecule has 1 saturated heterocycles. The summed E-state index contributed by atoms with van der Waals surface area (Å²) in [5.41, 5.74) is 3.37. The van der Waals surface area contributed by atoms with Gasteiger partial charge in [0.25, 0.3) is 0 Å². The van der Waals surface area contributed by atoms with E-state index in [4.69, 9.17) is 4.98 Å². The summed E-state index contributed by atoms with van der Waals surface area (Å²) < 4.78 is 0. The highest BCUT2D eigenvalue weighted by atomic mass is 32.2. The number of aryl methyl sites for hydroxylation is 1. The van der Waals surface area contributed by atoms with E-state index in [-0.39, 0.29) is 11.9 Å². The van der Waals surface area contributed by atoms with Gasteiger partial charge in [-0.1, -0.05) is 48.2 Å². The molecule has 1 atom stereocenters. The number of likely N-dealkylation sites (tertiary alicyclic amines) is 1. The molecule has 0 saturated carbocycles. The van der Waals surface area contributed by atoms with Crippen molar-refractivity contribution >= 4 is 29.0 Å². The number of H-pyrrole nitrogens is 1. The van der Waals surface area contributed by atoms with Gasteiger partial charge in [0.15, 0.2) is 5.16 Å². The number of hydrogen-bond donors (Lipinski definition) is 1. The summed E-state index contributed by atoms with van der Waals surface area (Å²) in [5, 5.41) is 2.92. The second-order valence-corrected chi connectivity index (χ2v) is 8.77. The van der Waals surface area contributed by atoms with Crippen molar-refractivity contribution in [2.24, 2.45) is 0 Å². The minimum Gasteiger partial charge on any atom is -0.337 e. The molecule has 4 rings (SSSR count). The number of amides is 1. The molecule has 0 unspecified atom stereocenters. The first-order valence-electron chi connectivity index (χ1n) is 9.26. The lowest BCUT2D eigenvalue weighted by molar-refractivity contribution is -0.129. The maximum absolute atomic E-state index is 12.8. The van der Waals surface area contributed by atoms with E-state index in [2.05, 4.69) is 34.6 Å². The second kappa shape index (κ2) is 8.31. The van der Waals surface area contributed by atoms with E-state index in [0.29, 0.717) is 5.75 Å². The molecule has 3 aromatic rings. The van der Waals surface area contributed by atoms with E-state index >= 15 is 0 Å². The molecule has 1 aromatic carbocycles. The number of aromatic nitrogens is 2. The van der Waals surface area contributed by atoms with Gasteiger partial charge < -0.3 is 9.88 Å². The van der Waals surface area contributed by atoms with Crippen LogP contribution in [0.4, 0.5) is 0 Å². The monoisotopic (exact) mass is 397 g/mol. The predicted molar refractivity (Wildman–Crippen MR) is 111 cm³/mol. The smallest absolute Gasteiger partial charge is 0.233 e. The van der Waals surface area contributed by atoms with Crippen molar-refractivity contribution in [3.05, 3.63) is 69.7 Å². The molecule has 3 heterocycles. The number of carbonyl (C=O) groups is 1. The van der Waals surface area contributed by atoms with E-state index in [9.17, 15) is 4.79 Å². The first-order chi connectivity index (χ1) is 13.2. The highest BCUT2D eigenvalue weighted by Gasteiger charge is 2.30. The quantitative estimate of drug-likeness (QED) is 0.606. The van der Waals surface area contributed by atoms with Gasteiger partial charge in [-0.3, -0.25) is 4.79 Å². The number of nitrogens with one attached hydrogen (secondary N) is 1. The lowest BCUT2D eigenvalue weighted by atomic mass is 10.1. The van der Waals surface area contributed by atoms with Crippen molar-refractivity contribution in [2.45, 2.75) is 37.4 Å². The van der Waals surface area contributed by atoms with Gasteiger partial charge in [-0.2, -0.15) is 0 Å². The van der Waals surface area contributed by atoms with E-state index in [0.717, 1.165) is 42.4 Å². The zero-order valence-corrected chi connectivity index (χ0v) is 17.0. The summed E-state index contributed by atoms with van der Waals surface area (Å²) in [6.45, 7) is 2.91. The van der Waals surface area contributed by atoms with Crippen LogP contribution < -0.4 is 0 Å². The molecule has 0 bridgehead atoms. The average Bonchev–Trinajstić information content (AvgIpc) is 3.42. The van der Waals surface area contributed by atoms with Crippen LogP contribution in [0.3, 0.4) is 0 Å². The van der Waals surface area contributed by atoms with Crippen molar-refractivity contribution in [1.29, 1.82) is 0 Å². The van der Waals surface area contributed by atoms with E-state index < -0.39 is 0 Å². The first-order valence-corrected chi connectivity index (χ1v) is 11.1. The number of rotatable bonds is 6. The minimum atomic E-state index is 0.203. The number of nitrogens with zero attached hydrogens (tertiary/aromatic N) is 2. The number of thioether (sulfide) groups is 1. The van der Waals surface area contributed by atoms with Crippen molar-refractivity contribution in [3.63, 3.8) is 0 Å². The van der Waals surface area contributed by atoms with Crippen molar-refractivity contribution in [2.75, 3.05) is 12.3 Å². The molecular formula is C21H23N3OS2. The van der Waals surface area contributed by atoms with Gasteiger partial charge >= 0.3 is 0 Å². The number of imidazole rings is 1. The lowest BCUT2D eigenvalue weighted by Crippen LogP contribution is -2.31. The molecule has 27 heavy (non-hydrogen) atoms. The average molecular weight is 398 g/mol. The van der Waals surface area contributed by atoms with Crippen molar-refractivity contribution < 1.29 is 4.79 Å². The zero-order chi connectivity index (χ0) is 18.6. The molecule has 1 fully saturated rings. The van der Waals surface area contributed by atoms with Crippen LogP contribution in [0.1, 0.15) is 40.7 Å². The number of hydrogen-bond acceptors (Lipinski definition) is 4. The Balaban J connectivity index is 1.37. The van der Waals surface area contributed by atoms with Crippen LogP contribution in [0, 0.1) is 6.92 Å². The molecule has 6 heteroatoms. The Bertz CT molecular complexity index is 890. The Kier molecular flexibility index (Phi) is 5.64. The van der Waals surface area contributed by atoms with E-state index in [1.165, 1.54) is 22.2 Å². The minimum absolute atomic E-state index is 0.203. The van der Waals surface area contributed by atoms with Crippen LogP contribution in [0.2, 0.25) is 0 Å². The van der Waals surface area contributed by atoms with Crippen LogP contribution in [0.15, 0.2) is 53.0 Å². The summed E-state index contributed by atoms with van der Waals surface area (Å²) in [4.78, 5) is 24.2. The third kappa shape index (κ3) is 4.28. The summed E-state index contributed by atoms with van der Waals surface area (Å²) in [5.74, 6) is 0.633. The van der Waals surface area contributed by atoms with Gasteiger partial charge in [0.1, 0.15) is 0 Å². The van der Waals surface area contributed by atoms with Crippen molar-refractivity contribution in [1.82, 2.24) is 14.9 Å². The zero-order valence-electron chi connectivity index (χ0n) is 15.4. The van der Waals surface area contributed by atoms with E-state index in [1.54, 1.807) is 11.3 Å². The molecule has 0 radical (unpaired) electrons. The highest BCUT2D eigenvalue weighted by molar-refractivity contribution is 7.99. The van der Waals surface area contributed by atoms with Gasteiger partial charge in [-0.05, 0) is 36.8 Å². The van der Waals surface area contributed by atoms with Gasteiger partial charge in [0, 0.05) is 23.5 Å². The molecule has 2 aromatic heterocycles. The standard InChI is InChI=1S/C21H23N3OS2/c1-15-17(13-16-7-3-2-4-8-16)23-21(22-15)27-14-20(25)24-11-5-9-18(24)19-10-6-12-26-19/h2-4,6-8,10,12,18H,5,9,11,13-14H2,1H3,(H,22,23)/t18-/m0/s1. The number of thiophene rings is 1. The van der Waals surface area contributed by atoms with Crippen molar-refractivity contribution in [3.8, 4) is 0 Å². The topological polar surface area (TPSA) is 49.0 Å². The lowest BCUT2D eigenvalue weighted by Gasteiger charge is -2.23. The third-order valence-electron chi connectivity index (χ3n) is 4.96. The summed E-state index contributed by atoms with van der Waals surface area (Å²) in [6, 6.07) is 14.8. The normalized spacial score (nSPS) is 16.8. The highest BCUT2D eigenvalue weighted by Crippen LogP contribution is 2.35. The van der Waals surface area contributed by atoms with Crippen LogP contribution in [-0.2, 0) is 11.2 Å². The Morgan fingerprint density at radius 2 is 2.15 bits per heavy atom. The summed E-state index contributed by atoms with van der Waals surface area (Å²) in [6.07, 6.45) is 2.96. The molecule has 1 aliphatic heterocycles. The fourth-order valence-corrected chi connectivity index (χ4v) is 5.25. The molecule has 4 nitrogen and oxygen atoms in total. The largest absolute Gasteiger partial charge is 0.337 e. The molecule has 140 valence electrons. The number of aromatic amines is 1. The van der Waals surface area contributed by atoms with Gasteiger partial charge in [-0.25, -0.2) is 4.98 Å². The fourth-order valence-electron chi connectivity index (χ4n) is 3.55. The van der Waals surface area contributed by atoms with Gasteiger partial charge in [0.05, 0.1) is 17.5 Å². The van der Waals surface area contributed by atoms with Crippen LogP contribution in [-0.4, -0.2) is 33.1 Å². The fraction of sp³-hybridized carbons (Fsp3) is 0.333. The van der Waals surface area contributed by atoms with Gasteiger partial charge in [-0.15, -0.1) is 11.3 Å². The molecule has 1 N–H and O–H groups in total.